The summed E-state index contributed by atoms with van der Waals surface area (Å²) in [6, 6.07) is 75.8. The fourth-order valence-electron chi connectivity index (χ4n) is 12.5. The van der Waals surface area contributed by atoms with Crippen molar-refractivity contribution in [3.05, 3.63) is 411 Å². The van der Waals surface area contributed by atoms with Gasteiger partial charge in [-0.2, -0.15) is 0 Å². The van der Waals surface area contributed by atoms with Gasteiger partial charge >= 0.3 is 0 Å². The molecule has 0 amide bonds. The quantitative estimate of drug-likeness (QED) is 0.0618. The smallest absolute Gasteiger partial charge is 0.0830 e. The fraction of sp³-hybridized carbons (Fsp3) is 0.214. The molecule has 0 fully saturated rings. The van der Waals surface area contributed by atoms with Crippen molar-refractivity contribution >= 4 is 53.0 Å². The minimum absolute atomic E-state index is 0. The first-order chi connectivity index (χ1) is 68.7. The summed E-state index contributed by atoms with van der Waals surface area (Å²) >= 11 is 0. The van der Waals surface area contributed by atoms with E-state index in [1.807, 2.05) is 72.8 Å². The van der Waals surface area contributed by atoms with Crippen molar-refractivity contribution in [2.75, 3.05) is 0 Å². The molecular formula is C112H120Ir4N8Si4-8. The average Bonchev–Trinajstić information content (AvgIpc) is 0.785. The van der Waals surface area contributed by atoms with Crippen molar-refractivity contribution in [2.24, 2.45) is 0 Å². The molecule has 16 rings (SSSR count). The zero-order valence-corrected chi connectivity index (χ0v) is 89.1. The molecule has 0 aliphatic rings. The molecule has 0 spiro atoms. The number of hydrogen-bond donors (Lipinski definition) is 0. The summed E-state index contributed by atoms with van der Waals surface area (Å²) in [4.78, 5) is 33.8. The fourth-order valence-corrected chi connectivity index (χ4v) is 19.1. The first-order valence-corrected chi connectivity index (χ1v) is 55.3. The van der Waals surface area contributed by atoms with Gasteiger partial charge in [0, 0.05) is 135 Å². The predicted octanol–water partition coefficient (Wildman–Crippen LogP) is 26.7. The van der Waals surface area contributed by atoms with Crippen LogP contribution in [0, 0.1) is 48.5 Å². The third-order valence-electron chi connectivity index (χ3n) is 19.1. The van der Waals surface area contributed by atoms with E-state index in [9.17, 15) is 0 Å². The van der Waals surface area contributed by atoms with E-state index in [4.69, 9.17) is 35.1 Å². The molecule has 16 aromatic rings. The summed E-state index contributed by atoms with van der Waals surface area (Å²) < 4.78 is 165. The van der Waals surface area contributed by atoms with Crippen molar-refractivity contribution in [1.29, 1.82) is 0 Å². The average molecular weight is 2480 g/mol. The Balaban J connectivity index is 0.000000300. The van der Waals surface area contributed by atoms with Crippen LogP contribution in [0.5, 0.6) is 0 Å². The molecule has 8 nitrogen and oxygen atoms in total. The van der Waals surface area contributed by atoms with Crippen molar-refractivity contribution in [1.82, 2.24) is 39.9 Å². The topological polar surface area (TPSA) is 103 Å². The molecule has 0 N–H and O–H groups in total. The molecule has 128 heavy (non-hydrogen) atoms. The SMILES string of the molecule is CC(C)c1cc(-c2[c-]cccc2)ncc1[Si](C)(C)C.CCC(C)c1cc(-c2[c-]cccc2)ncc1[Si](C)(C)C.CCCc1cc(-c2[c-]cccc2)ncc1[Si](C)(C)C.CCc1cc(-c2[c-]cccc2)ncc1[Si](C)(C)C.[2H]c1[c-]c(-c2nc([2H])c([2H])c([2H])c2[2H])cc([2H])c1[2H].[2H]c1[c-]c(-c2nc([2H])c([2H])c([2H])c2[2H])cc([2H])c1[2H].[2H]c1nc(-c2[c-]cccc2)c([2H])c([2H])c1[2H].[2H]c1nc(-c2[c-]cccc2)c([2H])c([2H])c1[2H].[Ir].[Ir].[Ir].[Ir]. The van der Waals surface area contributed by atoms with Gasteiger partial charge in [0.05, 0.1) is 54.2 Å². The van der Waals surface area contributed by atoms with Gasteiger partial charge in [-0.15, -0.1) is 287 Å². The van der Waals surface area contributed by atoms with Gasteiger partial charge in [0.15, 0.2) is 0 Å². The van der Waals surface area contributed by atoms with E-state index in [1.165, 1.54) is 68.0 Å². The molecule has 1 unspecified atom stereocenters. The van der Waals surface area contributed by atoms with Gasteiger partial charge in [-0.3, -0.25) is 0 Å². The van der Waals surface area contributed by atoms with E-state index in [0.29, 0.717) is 23.0 Å². The second-order valence-corrected chi connectivity index (χ2v) is 53.1. The summed E-state index contributed by atoms with van der Waals surface area (Å²) in [6.07, 6.45) is 11.5. The number of rotatable bonds is 18. The summed E-state index contributed by atoms with van der Waals surface area (Å²) in [5.74, 6) is 1.12. The van der Waals surface area contributed by atoms with Gasteiger partial charge in [-0.1, -0.05) is 221 Å². The monoisotopic (exact) mass is 2480 g/mol. The maximum Gasteiger partial charge on any atom is 0.0830 e. The zero-order valence-electron chi connectivity index (χ0n) is 97.5. The summed E-state index contributed by atoms with van der Waals surface area (Å²) in [5.41, 5.74) is 16.0. The third kappa shape index (κ3) is 35.4. The van der Waals surface area contributed by atoms with Crippen LogP contribution in [-0.2, 0) is 93.3 Å². The Kier molecular flexibility index (Phi) is 34.3. The van der Waals surface area contributed by atoms with E-state index in [0.717, 1.165) is 57.9 Å². The van der Waals surface area contributed by atoms with E-state index >= 15 is 0 Å². The molecule has 8 aromatic carbocycles. The summed E-state index contributed by atoms with van der Waals surface area (Å²) in [5, 5.41) is 5.94. The van der Waals surface area contributed by atoms with Crippen molar-refractivity contribution < 1.29 is 111 Å². The summed E-state index contributed by atoms with van der Waals surface area (Å²) in [7, 11) is -5.30. The third-order valence-corrected chi connectivity index (χ3v) is 27.3. The van der Waals surface area contributed by atoms with Gasteiger partial charge in [0.1, 0.15) is 0 Å². The Bertz CT molecular complexity index is 6910. The normalized spacial score (nSPS) is 13.2. The standard InChI is InChI=1S/C18H24NSi.2C17H22NSi.C16H20NSi.4C11H8N.4Ir/c1-6-14(2)16-12-17(15-10-8-7-9-11-15)19-13-18(16)20(3,4)5;1-13(2)15-11-16(14-9-7-6-8-10-14)18-12-17(15)19(3,4)5;1-5-9-15-12-16(14-10-7-6-8-11-14)18-13-17(15)19(2,3)4;1-5-13-11-15(14-9-7-6-8-10-14)17-12-16(13)18(2,3)4;4*1-2-6-10(7-3-1)11-8-4-5-9-12-11;;;;/h7-10,12-14H,6H2,1-5H3;6-9,11-13H,1-5H3;6-8,10,12-13H,5,9H2,1-4H3;6-9,11-12H,5H2,1-4H3;4*1-6,8-9H;;;;/q8*-1;;;;/i;;;;2*1D,2D,3D,4D,5D,8D,9D;2*4D,5D,8D,9D;;;;. The van der Waals surface area contributed by atoms with Crippen LogP contribution in [0.3, 0.4) is 0 Å². The largest absolute Gasteiger partial charge is 0.305 e. The Morgan fingerprint density at radius 1 is 0.289 bits per heavy atom. The second-order valence-electron chi connectivity index (χ2n) is 32.9. The van der Waals surface area contributed by atoms with Crippen LogP contribution in [-0.4, -0.2) is 72.2 Å². The Hall–Kier alpha value is -9.58. The minimum atomic E-state index is -1.35. The Morgan fingerprint density at radius 3 is 0.836 bits per heavy atom. The maximum absolute atomic E-state index is 7.72. The summed E-state index contributed by atoms with van der Waals surface area (Å²) in [6.45, 7) is 42.1. The molecular weight excluding hydrogens is 2340 g/mol. The first-order valence-electron chi connectivity index (χ1n) is 52.3. The number of nitrogens with zero attached hydrogens (tertiary/aromatic N) is 8. The second kappa shape index (κ2) is 56.1. The van der Waals surface area contributed by atoms with Crippen LogP contribution in [0.2, 0.25) is 78.6 Å². The maximum atomic E-state index is 7.72. The van der Waals surface area contributed by atoms with Crippen LogP contribution >= 0.6 is 0 Å². The van der Waals surface area contributed by atoms with Gasteiger partial charge in [0.25, 0.3) is 0 Å². The number of pyridine rings is 8. The van der Waals surface area contributed by atoms with Gasteiger partial charge in [-0.05, 0) is 124 Å². The van der Waals surface area contributed by atoms with E-state index in [-0.39, 0.29) is 211 Å². The molecule has 0 saturated heterocycles. The van der Waals surface area contributed by atoms with Crippen molar-refractivity contribution in [3.63, 3.8) is 0 Å². The van der Waals surface area contributed by atoms with Crippen molar-refractivity contribution in [3.8, 4) is 90.1 Å². The van der Waals surface area contributed by atoms with Gasteiger partial charge in [0.2, 0.25) is 0 Å². The molecule has 0 aliphatic carbocycles. The van der Waals surface area contributed by atoms with Crippen LogP contribution in [0.4, 0.5) is 0 Å². The predicted molar refractivity (Wildman–Crippen MR) is 536 cm³/mol. The van der Waals surface area contributed by atoms with E-state index in [2.05, 4.69) is 277 Å². The molecule has 8 heterocycles. The van der Waals surface area contributed by atoms with Gasteiger partial charge < -0.3 is 39.9 Å². The molecule has 16 heteroatoms. The molecule has 8 aromatic heterocycles. The molecule has 1 atom stereocenters. The molecule has 0 saturated carbocycles. The van der Waals surface area contributed by atoms with E-state index in [1.54, 1.807) is 48.5 Å². The van der Waals surface area contributed by atoms with Gasteiger partial charge in [-0.25, -0.2) is 0 Å². The first kappa shape index (κ1) is 78.3. The van der Waals surface area contributed by atoms with Crippen LogP contribution in [0.1, 0.15) is 119 Å². The number of benzene rings is 8. The Labute approximate surface area is 855 Å². The Morgan fingerprint density at radius 2 is 0.562 bits per heavy atom. The molecule has 0 bridgehead atoms. The van der Waals surface area contributed by atoms with Crippen LogP contribution < -0.4 is 20.7 Å². The number of aromatic nitrogens is 8. The molecule has 0 aliphatic heterocycles. The number of aryl methyl sites for hydroxylation is 2. The van der Waals surface area contributed by atoms with Crippen molar-refractivity contribution in [2.45, 2.75) is 158 Å². The molecule has 4 radical (unpaired) electrons. The van der Waals surface area contributed by atoms with Crippen LogP contribution in [0.25, 0.3) is 90.1 Å². The molecule has 668 valence electrons. The number of hydrogen-bond acceptors (Lipinski definition) is 8. The zero-order chi connectivity index (χ0) is 108. The van der Waals surface area contributed by atoms with Crippen LogP contribution in [0.15, 0.2) is 340 Å². The van der Waals surface area contributed by atoms with E-state index < -0.39 is 68.8 Å². The minimum Gasteiger partial charge on any atom is -0.305 e.